The fourth-order valence-electron chi connectivity index (χ4n) is 4.14. The third kappa shape index (κ3) is 5.91. The molecule has 4 aromatic rings. The van der Waals surface area contributed by atoms with Crippen LogP contribution in [0.2, 0.25) is 0 Å². The summed E-state index contributed by atoms with van der Waals surface area (Å²) in [6.07, 6.45) is 3.41. The number of pyridine rings is 1. The summed E-state index contributed by atoms with van der Waals surface area (Å²) in [7, 11) is 0. The van der Waals surface area contributed by atoms with Crippen molar-refractivity contribution in [2.75, 3.05) is 54.8 Å². The van der Waals surface area contributed by atoms with Gasteiger partial charge in [0.1, 0.15) is 17.3 Å². The molecule has 3 aromatic heterocycles. The van der Waals surface area contributed by atoms with Gasteiger partial charge in [-0.25, -0.2) is 19.9 Å². The van der Waals surface area contributed by atoms with Crippen LogP contribution in [0.5, 0.6) is 0 Å². The van der Waals surface area contributed by atoms with Crippen LogP contribution >= 0.6 is 0 Å². The Hall–Kier alpha value is -4.15. The first-order valence-corrected chi connectivity index (χ1v) is 12.1. The van der Waals surface area contributed by atoms with Crippen molar-refractivity contribution in [2.45, 2.75) is 6.92 Å². The maximum atomic E-state index is 5.68. The Morgan fingerprint density at radius 3 is 2.31 bits per heavy atom. The second-order valence-corrected chi connectivity index (χ2v) is 8.61. The maximum absolute atomic E-state index is 5.68. The largest absolute Gasteiger partial charge is 0.369 e. The molecule has 10 nitrogen and oxygen atoms in total. The molecule has 0 saturated carbocycles. The summed E-state index contributed by atoms with van der Waals surface area (Å²) in [6.45, 7) is 7.72. The third-order valence-corrected chi connectivity index (χ3v) is 5.99. The molecule has 0 unspecified atom stereocenters. The van der Waals surface area contributed by atoms with E-state index < -0.39 is 0 Å². The number of aryl methyl sites for hydroxylation is 1. The minimum atomic E-state index is 0.498. The fourth-order valence-corrected chi connectivity index (χ4v) is 4.14. The monoisotopic (exact) mass is 482 g/mol. The van der Waals surface area contributed by atoms with Crippen LogP contribution in [0.25, 0.3) is 11.5 Å². The number of nitrogens with zero attached hydrogens (tertiary/aromatic N) is 7. The summed E-state index contributed by atoms with van der Waals surface area (Å²) < 4.78 is 0. The van der Waals surface area contributed by atoms with Crippen molar-refractivity contribution in [3.63, 3.8) is 0 Å². The van der Waals surface area contributed by atoms with Gasteiger partial charge in [-0.05, 0) is 55.5 Å². The summed E-state index contributed by atoms with van der Waals surface area (Å²) in [4.78, 5) is 27.2. The Bertz CT molecular complexity index is 1290. The summed E-state index contributed by atoms with van der Waals surface area (Å²) in [5.74, 6) is 2.31. The molecule has 5 rings (SSSR count). The van der Waals surface area contributed by atoms with E-state index in [1.165, 1.54) is 5.69 Å². The van der Waals surface area contributed by atoms with E-state index in [9.17, 15) is 0 Å². The number of anilines is 5. The standard InChI is InChI=1S/C26H30N10/c1-19-3-2-4-22(30-19)25-28-12-9-23(33-25)32-24-10-13-29-26(34-24)31-20-5-7-21(8-6-20)36-17-15-35(14-11-27)16-18-36/h2-10,12-13H,11,14-18,27H2,1H3,(H2,28,29,31,32,33,34). The lowest BCUT2D eigenvalue weighted by molar-refractivity contribution is 0.265. The van der Waals surface area contributed by atoms with Crippen LogP contribution in [0.3, 0.4) is 0 Å². The number of nitrogens with one attached hydrogen (secondary N) is 2. The molecule has 0 atom stereocenters. The molecule has 0 aliphatic carbocycles. The number of rotatable bonds is 8. The predicted molar refractivity (Wildman–Crippen MR) is 143 cm³/mol. The van der Waals surface area contributed by atoms with Crippen LogP contribution in [0.1, 0.15) is 5.69 Å². The quantitative estimate of drug-likeness (QED) is 0.345. The second-order valence-electron chi connectivity index (χ2n) is 8.61. The van der Waals surface area contributed by atoms with E-state index in [1.807, 2.05) is 25.1 Å². The summed E-state index contributed by atoms with van der Waals surface area (Å²) in [5.41, 5.74) is 9.46. The van der Waals surface area contributed by atoms with Gasteiger partial charge in [-0.2, -0.15) is 4.98 Å². The highest BCUT2D eigenvalue weighted by molar-refractivity contribution is 5.61. The van der Waals surface area contributed by atoms with Gasteiger partial charge in [0.15, 0.2) is 5.82 Å². The van der Waals surface area contributed by atoms with Gasteiger partial charge in [0.25, 0.3) is 0 Å². The lowest BCUT2D eigenvalue weighted by Gasteiger charge is -2.36. The van der Waals surface area contributed by atoms with E-state index in [0.717, 1.165) is 49.8 Å². The van der Waals surface area contributed by atoms with Gasteiger partial charge in [-0.3, -0.25) is 4.90 Å². The summed E-state index contributed by atoms with van der Waals surface area (Å²) in [6, 6.07) is 17.7. The van der Waals surface area contributed by atoms with Gasteiger partial charge in [0.05, 0.1) is 0 Å². The Morgan fingerprint density at radius 1 is 0.806 bits per heavy atom. The lowest BCUT2D eigenvalue weighted by Crippen LogP contribution is -2.47. The number of hydrogen-bond donors (Lipinski definition) is 3. The first-order valence-electron chi connectivity index (χ1n) is 12.1. The molecule has 0 amide bonds. The molecule has 0 bridgehead atoms. The maximum Gasteiger partial charge on any atom is 0.229 e. The summed E-state index contributed by atoms with van der Waals surface area (Å²) in [5, 5.41) is 6.51. The smallest absolute Gasteiger partial charge is 0.229 e. The van der Waals surface area contributed by atoms with Gasteiger partial charge in [0.2, 0.25) is 5.95 Å². The number of aromatic nitrogens is 5. The zero-order valence-corrected chi connectivity index (χ0v) is 20.3. The van der Waals surface area contributed by atoms with Crippen molar-refractivity contribution in [2.24, 2.45) is 5.73 Å². The van der Waals surface area contributed by atoms with Gasteiger partial charge in [-0.1, -0.05) is 6.07 Å². The average molecular weight is 483 g/mol. The molecule has 36 heavy (non-hydrogen) atoms. The SMILES string of the molecule is Cc1cccc(-c2nccc(Nc3ccnc(Nc4ccc(N5CCN(CCN)CC5)cc4)n3)n2)n1. The predicted octanol–water partition coefficient (Wildman–Crippen LogP) is 3.20. The van der Waals surface area contributed by atoms with Crippen LogP contribution < -0.4 is 21.3 Å². The molecule has 4 heterocycles. The molecule has 1 aliphatic heterocycles. The Balaban J connectivity index is 1.22. The van der Waals surface area contributed by atoms with E-state index in [2.05, 4.69) is 69.6 Å². The highest BCUT2D eigenvalue weighted by Gasteiger charge is 2.16. The van der Waals surface area contributed by atoms with Crippen molar-refractivity contribution in [3.05, 3.63) is 72.7 Å². The fraction of sp³-hybridized carbons (Fsp3) is 0.269. The van der Waals surface area contributed by atoms with E-state index >= 15 is 0 Å². The van der Waals surface area contributed by atoms with Gasteiger partial charge in [-0.15, -0.1) is 0 Å². The zero-order valence-electron chi connectivity index (χ0n) is 20.3. The van der Waals surface area contributed by atoms with Gasteiger partial charge >= 0.3 is 0 Å². The molecule has 1 saturated heterocycles. The second kappa shape index (κ2) is 11.1. The molecule has 10 heteroatoms. The molecule has 1 fully saturated rings. The van der Waals surface area contributed by atoms with Crippen molar-refractivity contribution < 1.29 is 0 Å². The van der Waals surface area contributed by atoms with E-state index in [4.69, 9.17) is 5.73 Å². The Labute approximate surface area is 210 Å². The summed E-state index contributed by atoms with van der Waals surface area (Å²) >= 11 is 0. The Kier molecular flexibility index (Phi) is 7.25. The molecule has 0 radical (unpaired) electrons. The normalized spacial score (nSPS) is 14.0. The minimum Gasteiger partial charge on any atom is -0.369 e. The lowest BCUT2D eigenvalue weighted by atomic mass is 10.2. The molecular weight excluding hydrogens is 452 g/mol. The van der Waals surface area contributed by atoms with Crippen molar-refractivity contribution in [1.29, 1.82) is 0 Å². The van der Waals surface area contributed by atoms with Crippen molar-refractivity contribution in [3.8, 4) is 11.5 Å². The molecule has 184 valence electrons. The molecule has 1 aliphatic rings. The number of nitrogens with two attached hydrogens (primary N) is 1. The highest BCUT2D eigenvalue weighted by Crippen LogP contribution is 2.22. The van der Waals surface area contributed by atoms with E-state index in [-0.39, 0.29) is 0 Å². The topological polar surface area (TPSA) is 121 Å². The number of benzene rings is 1. The van der Waals surface area contributed by atoms with Crippen LogP contribution in [0.4, 0.5) is 29.0 Å². The van der Waals surface area contributed by atoms with Crippen LogP contribution in [-0.2, 0) is 0 Å². The highest BCUT2D eigenvalue weighted by atomic mass is 15.3. The molecule has 1 aromatic carbocycles. The Morgan fingerprint density at radius 2 is 1.56 bits per heavy atom. The zero-order chi connectivity index (χ0) is 24.7. The van der Waals surface area contributed by atoms with Crippen molar-refractivity contribution in [1.82, 2.24) is 29.8 Å². The first-order chi connectivity index (χ1) is 17.7. The van der Waals surface area contributed by atoms with Gasteiger partial charge in [0, 0.05) is 68.7 Å². The van der Waals surface area contributed by atoms with E-state index in [0.29, 0.717) is 30.0 Å². The minimum absolute atomic E-state index is 0.498. The number of piperazine rings is 1. The molecular formula is C26H30N10. The van der Waals surface area contributed by atoms with Crippen LogP contribution in [-0.4, -0.2) is 69.1 Å². The first kappa shape index (κ1) is 23.6. The van der Waals surface area contributed by atoms with E-state index in [1.54, 1.807) is 24.5 Å². The average Bonchev–Trinajstić information content (AvgIpc) is 2.90. The molecule has 4 N–H and O–H groups in total. The van der Waals surface area contributed by atoms with Crippen LogP contribution in [0.15, 0.2) is 67.0 Å². The third-order valence-electron chi connectivity index (χ3n) is 5.99. The van der Waals surface area contributed by atoms with Gasteiger partial charge < -0.3 is 21.3 Å². The number of hydrogen-bond acceptors (Lipinski definition) is 10. The molecule has 0 spiro atoms. The van der Waals surface area contributed by atoms with Crippen molar-refractivity contribution >= 4 is 29.0 Å². The van der Waals surface area contributed by atoms with Crippen LogP contribution in [0, 0.1) is 6.92 Å².